The molecular weight excluding hydrogens is 302 g/mol. The summed E-state index contributed by atoms with van der Waals surface area (Å²) in [5, 5.41) is 11.6. The molecule has 0 unspecified atom stereocenters. The predicted molar refractivity (Wildman–Crippen MR) is 92.9 cm³/mol. The van der Waals surface area contributed by atoms with Crippen molar-refractivity contribution in [2.75, 3.05) is 13.1 Å². The lowest BCUT2D eigenvalue weighted by Crippen LogP contribution is -2.41. The first kappa shape index (κ1) is 16.7. The number of hydrogen-bond acceptors (Lipinski definition) is 3. The van der Waals surface area contributed by atoms with Crippen molar-refractivity contribution in [1.29, 1.82) is 0 Å². The normalized spacial score (nSPS) is 18.1. The van der Waals surface area contributed by atoms with Crippen molar-refractivity contribution in [2.45, 2.75) is 53.0 Å². The zero-order valence-electron chi connectivity index (χ0n) is 14.9. The number of nitrogens with zero attached hydrogens (tertiary/aromatic N) is 4. The molecule has 1 N–H and O–H groups in total. The summed E-state index contributed by atoms with van der Waals surface area (Å²) in [6.07, 6.45) is 5.99. The minimum atomic E-state index is 0.140. The predicted octanol–water partition coefficient (Wildman–Crippen LogP) is 2.73. The number of carbonyl (C=O) groups is 1. The Bertz CT molecular complexity index is 689. The Morgan fingerprint density at radius 3 is 2.96 bits per heavy atom. The van der Waals surface area contributed by atoms with Gasteiger partial charge in [0.25, 0.3) is 5.91 Å². The molecule has 1 aliphatic heterocycles. The van der Waals surface area contributed by atoms with E-state index in [0.29, 0.717) is 5.92 Å². The van der Waals surface area contributed by atoms with Gasteiger partial charge in [-0.15, -0.1) is 0 Å². The average molecular weight is 329 g/mol. The largest absolute Gasteiger partial charge is 0.338 e. The van der Waals surface area contributed by atoms with Crippen molar-refractivity contribution < 1.29 is 4.79 Å². The minimum absolute atomic E-state index is 0.140. The van der Waals surface area contributed by atoms with E-state index in [2.05, 4.69) is 22.2 Å². The standard InChI is InChI=1S/C18H27N5O/c1-4-9-23-14(3)17(13(2)21-23)18(24)22-10-5-6-15(12-22)11-16-7-8-19-20-16/h7-8,15H,4-6,9-12H2,1-3H3,(H,19,20)/t15-/m1/s1. The third-order valence-corrected chi connectivity index (χ3v) is 4.90. The van der Waals surface area contributed by atoms with Gasteiger partial charge in [-0.2, -0.15) is 10.2 Å². The maximum atomic E-state index is 13.1. The molecule has 3 heterocycles. The third-order valence-electron chi connectivity index (χ3n) is 4.90. The number of aromatic amines is 1. The summed E-state index contributed by atoms with van der Waals surface area (Å²) in [7, 11) is 0. The molecule has 2 aromatic rings. The number of hydrogen-bond donors (Lipinski definition) is 1. The molecule has 0 bridgehead atoms. The minimum Gasteiger partial charge on any atom is -0.338 e. The molecule has 130 valence electrons. The van der Waals surface area contributed by atoms with Crippen LogP contribution in [0.4, 0.5) is 0 Å². The quantitative estimate of drug-likeness (QED) is 0.917. The molecule has 6 nitrogen and oxygen atoms in total. The van der Waals surface area contributed by atoms with Crippen molar-refractivity contribution in [3.8, 4) is 0 Å². The second-order valence-corrected chi connectivity index (χ2v) is 6.81. The summed E-state index contributed by atoms with van der Waals surface area (Å²) in [6, 6.07) is 2.02. The van der Waals surface area contributed by atoms with Gasteiger partial charge in [0.15, 0.2) is 0 Å². The molecule has 6 heteroatoms. The van der Waals surface area contributed by atoms with Crippen LogP contribution in [0.5, 0.6) is 0 Å². The summed E-state index contributed by atoms with van der Waals surface area (Å²) in [4.78, 5) is 15.1. The number of amides is 1. The van der Waals surface area contributed by atoms with Crippen LogP contribution in [0.15, 0.2) is 12.3 Å². The summed E-state index contributed by atoms with van der Waals surface area (Å²) in [5.41, 5.74) is 3.79. The number of nitrogens with one attached hydrogen (secondary N) is 1. The maximum Gasteiger partial charge on any atom is 0.257 e. The molecule has 1 amide bonds. The van der Waals surface area contributed by atoms with E-state index in [1.165, 1.54) is 0 Å². The fourth-order valence-corrected chi connectivity index (χ4v) is 3.72. The van der Waals surface area contributed by atoms with E-state index in [9.17, 15) is 4.79 Å². The first-order chi connectivity index (χ1) is 11.6. The molecule has 24 heavy (non-hydrogen) atoms. The highest BCUT2D eigenvalue weighted by atomic mass is 16.2. The lowest BCUT2D eigenvalue weighted by molar-refractivity contribution is 0.0671. The Kier molecular flexibility index (Phi) is 5.02. The molecule has 2 aromatic heterocycles. The van der Waals surface area contributed by atoms with Gasteiger partial charge in [-0.25, -0.2) is 0 Å². The van der Waals surface area contributed by atoms with E-state index in [4.69, 9.17) is 0 Å². The first-order valence-corrected chi connectivity index (χ1v) is 8.91. The Morgan fingerprint density at radius 1 is 1.42 bits per heavy atom. The lowest BCUT2D eigenvalue weighted by atomic mass is 9.93. The van der Waals surface area contributed by atoms with Crippen LogP contribution in [-0.2, 0) is 13.0 Å². The average Bonchev–Trinajstić information content (AvgIpc) is 3.16. The molecule has 1 atom stereocenters. The van der Waals surface area contributed by atoms with Crippen LogP contribution in [-0.4, -0.2) is 43.9 Å². The molecule has 0 spiro atoms. The van der Waals surface area contributed by atoms with Crippen molar-refractivity contribution >= 4 is 5.91 Å². The number of carbonyl (C=O) groups excluding carboxylic acids is 1. The molecule has 0 radical (unpaired) electrons. The summed E-state index contributed by atoms with van der Waals surface area (Å²) in [6.45, 7) is 8.60. The van der Waals surface area contributed by atoms with Crippen LogP contribution in [0.1, 0.15) is 53.6 Å². The van der Waals surface area contributed by atoms with Gasteiger partial charge >= 0.3 is 0 Å². The highest BCUT2D eigenvalue weighted by Gasteiger charge is 2.28. The Balaban J connectivity index is 1.72. The second-order valence-electron chi connectivity index (χ2n) is 6.81. The Morgan fingerprint density at radius 2 is 2.25 bits per heavy atom. The Labute approximate surface area is 143 Å². The molecule has 0 aromatic carbocycles. The number of H-pyrrole nitrogens is 1. The zero-order valence-corrected chi connectivity index (χ0v) is 14.9. The molecule has 1 fully saturated rings. The van der Waals surface area contributed by atoms with Crippen LogP contribution < -0.4 is 0 Å². The van der Waals surface area contributed by atoms with Gasteiger partial charge in [0.2, 0.25) is 0 Å². The van der Waals surface area contributed by atoms with Crippen LogP contribution in [0.3, 0.4) is 0 Å². The third kappa shape index (κ3) is 3.37. The van der Waals surface area contributed by atoms with E-state index in [0.717, 1.165) is 68.0 Å². The number of rotatable bonds is 5. The van der Waals surface area contributed by atoms with E-state index in [-0.39, 0.29) is 5.91 Å². The molecule has 3 rings (SSSR count). The SMILES string of the molecule is CCCn1nc(C)c(C(=O)N2CCC[C@H](Cc3ccn[nH]3)C2)c1C. The molecule has 1 aliphatic rings. The van der Waals surface area contributed by atoms with Crippen LogP contribution >= 0.6 is 0 Å². The number of likely N-dealkylation sites (tertiary alicyclic amines) is 1. The van der Waals surface area contributed by atoms with E-state index in [1.54, 1.807) is 6.20 Å². The molecule has 0 saturated carbocycles. The molecule has 0 aliphatic carbocycles. The maximum absolute atomic E-state index is 13.1. The van der Waals surface area contributed by atoms with Gasteiger partial charge in [-0.05, 0) is 51.5 Å². The molecular formula is C18H27N5O. The van der Waals surface area contributed by atoms with E-state index < -0.39 is 0 Å². The number of piperidine rings is 1. The van der Waals surface area contributed by atoms with Crippen molar-refractivity contribution in [2.24, 2.45) is 5.92 Å². The highest BCUT2D eigenvalue weighted by Crippen LogP contribution is 2.23. The van der Waals surface area contributed by atoms with Gasteiger partial charge in [-0.1, -0.05) is 6.92 Å². The van der Waals surface area contributed by atoms with Crippen LogP contribution in [0.2, 0.25) is 0 Å². The summed E-state index contributed by atoms with van der Waals surface area (Å²) in [5.74, 6) is 0.635. The topological polar surface area (TPSA) is 66.8 Å². The van der Waals surface area contributed by atoms with Crippen LogP contribution in [0.25, 0.3) is 0 Å². The van der Waals surface area contributed by atoms with Crippen molar-refractivity contribution in [3.05, 3.63) is 34.9 Å². The fraction of sp³-hybridized carbons (Fsp3) is 0.611. The highest BCUT2D eigenvalue weighted by molar-refractivity contribution is 5.96. The fourth-order valence-electron chi connectivity index (χ4n) is 3.72. The van der Waals surface area contributed by atoms with Gasteiger partial charge in [0, 0.05) is 37.2 Å². The van der Waals surface area contributed by atoms with Gasteiger partial charge in [0.1, 0.15) is 0 Å². The number of aromatic nitrogens is 4. The zero-order chi connectivity index (χ0) is 17.1. The van der Waals surface area contributed by atoms with Gasteiger partial charge in [-0.3, -0.25) is 14.6 Å². The Hall–Kier alpha value is -2.11. The molecule has 1 saturated heterocycles. The first-order valence-electron chi connectivity index (χ1n) is 8.91. The van der Waals surface area contributed by atoms with Crippen molar-refractivity contribution in [1.82, 2.24) is 24.9 Å². The lowest BCUT2D eigenvalue weighted by Gasteiger charge is -2.32. The van der Waals surface area contributed by atoms with E-state index in [1.807, 2.05) is 29.5 Å². The number of aryl methyl sites for hydroxylation is 2. The second kappa shape index (κ2) is 7.20. The van der Waals surface area contributed by atoms with Crippen molar-refractivity contribution in [3.63, 3.8) is 0 Å². The van der Waals surface area contributed by atoms with E-state index >= 15 is 0 Å². The van der Waals surface area contributed by atoms with Gasteiger partial charge < -0.3 is 4.90 Å². The summed E-state index contributed by atoms with van der Waals surface area (Å²) >= 11 is 0. The smallest absolute Gasteiger partial charge is 0.257 e. The van der Waals surface area contributed by atoms with Crippen LogP contribution in [0, 0.1) is 19.8 Å². The summed E-state index contributed by atoms with van der Waals surface area (Å²) < 4.78 is 1.97. The van der Waals surface area contributed by atoms with Gasteiger partial charge in [0.05, 0.1) is 11.3 Å². The monoisotopic (exact) mass is 329 g/mol.